The van der Waals surface area contributed by atoms with Gasteiger partial charge in [-0.1, -0.05) is 0 Å². The van der Waals surface area contributed by atoms with Crippen LogP contribution in [0.4, 0.5) is 13.2 Å². The summed E-state index contributed by atoms with van der Waals surface area (Å²) < 4.78 is 38.7. The van der Waals surface area contributed by atoms with Gasteiger partial charge in [-0.25, -0.2) is 0 Å². The van der Waals surface area contributed by atoms with E-state index in [0.29, 0.717) is 5.56 Å². The maximum absolute atomic E-state index is 12.9. The second-order valence-electron chi connectivity index (χ2n) is 5.20. The van der Waals surface area contributed by atoms with Gasteiger partial charge in [-0.05, 0) is 12.5 Å². The summed E-state index contributed by atoms with van der Waals surface area (Å²) in [6.07, 6.45) is -3.57. The molecule has 2 rings (SSSR count). The van der Waals surface area contributed by atoms with E-state index in [1.54, 1.807) is 0 Å². The molecule has 0 saturated carbocycles. The standard InChI is InChI=1S/C13H13F3N2O4/c1-6-2-10(19)17-3-7(6)11(20)18-4-8(12(21)22)9(5-18)13(14,15)16/h2-3,8-9H,4-5H2,1H3,(H,17,19)(H,21,22)/t8-,9-/m1/s1. The Labute approximate surface area is 122 Å². The molecule has 1 aromatic heterocycles. The van der Waals surface area contributed by atoms with E-state index < -0.39 is 48.5 Å². The van der Waals surface area contributed by atoms with Gasteiger partial charge in [0, 0.05) is 25.4 Å². The van der Waals surface area contributed by atoms with Crippen molar-refractivity contribution in [2.75, 3.05) is 13.1 Å². The highest BCUT2D eigenvalue weighted by molar-refractivity contribution is 5.95. The van der Waals surface area contributed by atoms with Crippen molar-refractivity contribution in [3.63, 3.8) is 0 Å². The van der Waals surface area contributed by atoms with E-state index in [0.717, 1.165) is 17.2 Å². The number of carboxylic acids is 1. The van der Waals surface area contributed by atoms with Crippen LogP contribution in [0, 0.1) is 18.8 Å². The van der Waals surface area contributed by atoms with Crippen LogP contribution in [0.25, 0.3) is 0 Å². The number of rotatable bonds is 2. The Morgan fingerprint density at radius 1 is 1.36 bits per heavy atom. The highest BCUT2D eigenvalue weighted by atomic mass is 19.4. The largest absolute Gasteiger partial charge is 0.481 e. The highest BCUT2D eigenvalue weighted by Gasteiger charge is 2.53. The number of carboxylic acid groups (broad SMARTS) is 1. The molecule has 0 radical (unpaired) electrons. The van der Waals surface area contributed by atoms with Gasteiger partial charge in [-0.2, -0.15) is 13.2 Å². The molecule has 1 aliphatic heterocycles. The number of H-pyrrole nitrogens is 1. The average molecular weight is 318 g/mol. The number of hydrogen-bond acceptors (Lipinski definition) is 3. The smallest absolute Gasteiger partial charge is 0.394 e. The molecule has 0 unspecified atom stereocenters. The zero-order chi connectivity index (χ0) is 16.7. The van der Waals surface area contributed by atoms with E-state index in [2.05, 4.69) is 4.98 Å². The molecule has 2 heterocycles. The molecule has 0 aromatic carbocycles. The minimum absolute atomic E-state index is 0.0477. The molecule has 2 N–H and O–H groups in total. The van der Waals surface area contributed by atoms with Crippen molar-refractivity contribution in [3.05, 3.63) is 33.7 Å². The Hall–Kier alpha value is -2.32. The first-order valence-corrected chi connectivity index (χ1v) is 6.39. The Morgan fingerprint density at radius 2 is 2.00 bits per heavy atom. The summed E-state index contributed by atoms with van der Waals surface area (Å²) in [4.78, 5) is 37.5. The molecule has 0 bridgehead atoms. The lowest BCUT2D eigenvalue weighted by Gasteiger charge is -2.18. The number of aromatic amines is 1. The molecular weight excluding hydrogens is 305 g/mol. The quantitative estimate of drug-likeness (QED) is 0.852. The van der Waals surface area contributed by atoms with E-state index in [1.807, 2.05) is 0 Å². The molecular formula is C13H13F3N2O4. The van der Waals surface area contributed by atoms with E-state index in [-0.39, 0.29) is 5.56 Å². The number of amides is 1. The van der Waals surface area contributed by atoms with Crippen molar-refractivity contribution in [1.82, 2.24) is 9.88 Å². The number of carbonyl (C=O) groups excluding carboxylic acids is 1. The van der Waals surface area contributed by atoms with Crippen molar-refractivity contribution in [2.24, 2.45) is 11.8 Å². The predicted octanol–water partition coefficient (Wildman–Crippen LogP) is 1.02. The van der Waals surface area contributed by atoms with Gasteiger partial charge in [0.25, 0.3) is 5.91 Å². The number of aryl methyl sites for hydroxylation is 1. The van der Waals surface area contributed by atoms with Crippen molar-refractivity contribution < 1.29 is 27.9 Å². The molecule has 2 atom stereocenters. The SMILES string of the molecule is Cc1cc(=O)[nH]cc1C(=O)N1C[C@@H](C(F)(F)F)[C@H](C(=O)O)C1. The van der Waals surface area contributed by atoms with Crippen LogP contribution in [0.1, 0.15) is 15.9 Å². The number of nitrogens with zero attached hydrogens (tertiary/aromatic N) is 1. The topological polar surface area (TPSA) is 90.5 Å². The molecule has 1 saturated heterocycles. The van der Waals surface area contributed by atoms with Gasteiger partial charge >= 0.3 is 12.1 Å². The second kappa shape index (κ2) is 5.47. The summed E-state index contributed by atoms with van der Waals surface area (Å²) in [7, 11) is 0. The summed E-state index contributed by atoms with van der Waals surface area (Å²) in [5, 5.41) is 8.92. The van der Waals surface area contributed by atoms with Crippen molar-refractivity contribution in [2.45, 2.75) is 13.1 Å². The summed E-state index contributed by atoms with van der Waals surface area (Å²) in [6, 6.07) is 1.15. The number of carbonyl (C=O) groups is 2. The molecule has 120 valence electrons. The molecule has 1 amide bonds. The number of nitrogens with one attached hydrogen (secondary N) is 1. The van der Waals surface area contributed by atoms with Gasteiger partial charge in [-0.3, -0.25) is 14.4 Å². The van der Waals surface area contributed by atoms with Gasteiger partial charge in [0.15, 0.2) is 0 Å². The van der Waals surface area contributed by atoms with Crippen LogP contribution in [-0.2, 0) is 4.79 Å². The van der Waals surface area contributed by atoms with Crippen LogP contribution in [0.2, 0.25) is 0 Å². The maximum atomic E-state index is 12.9. The molecule has 0 aliphatic carbocycles. The van der Waals surface area contributed by atoms with Crippen LogP contribution in [0.5, 0.6) is 0 Å². The summed E-state index contributed by atoms with van der Waals surface area (Å²) in [6.45, 7) is 0.253. The monoisotopic (exact) mass is 318 g/mol. The lowest BCUT2D eigenvalue weighted by Crippen LogP contribution is -2.34. The van der Waals surface area contributed by atoms with Crippen LogP contribution in [0.15, 0.2) is 17.1 Å². The fourth-order valence-corrected chi connectivity index (χ4v) is 2.53. The first-order chi connectivity index (χ1) is 10.1. The zero-order valence-electron chi connectivity index (χ0n) is 11.5. The van der Waals surface area contributed by atoms with Gasteiger partial charge in [-0.15, -0.1) is 0 Å². The van der Waals surface area contributed by atoms with E-state index in [9.17, 15) is 27.6 Å². The molecule has 9 heteroatoms. The van der Waals surface area contributed by atoms with E-state index in [4.69, 9.17) is 5.11 Å². The normalized spacial score (nSPS) is 21.9. The Balaban J connectivity index is 2.28. The molecule has 1 fully saturated rings. The third kappa shape index (κ3) is 2.97. The fraction of sp³-hybridized carbons (Fsp3) is 0.462. The Morgan fingerprint density at radius 3 is 2.45 bits per heavy atom. The third-order valence-corrected chi connectivity index (χ3v) is 3.71. The Bertz CT molecular complexity index is 668. The van der Waals surface area contributed by atoms with Gasteiger partial charge in [0.2, 0.25) is 5.56 Å². The first-order valence-electron chi connectivity index (χ1n) is 6.39. The summed E-state index contributed by atoms with van der Waals surface area (Å²) >= 11 is 0. The van der Waals surface area contributed by atoms with Crippen LogP contribution in [0.3, 0.4) is 0 Å². The number of likely N-dealkylation sites (tertiary alicyclic amines) is 1. The lowest BCUT2D eigenvalue weighted by molar-refractivity contribution is -0.187. The summed E-state index contributed by atoms with van der Waals surface area (Å²) in [5.74, 6) is -6.10. The molecule has 0 spiro atoms. The lowest BCUT2D eigenvalue weighted by atomic mass is 9.96. The van der Waals surface area contributed by atoms with Crippen molar-refractivity contribution in [3.8, 4) is 0 Å². The van der Waals surface area contributed by atoms with Crippen LogP contribution < -0.4 is 5.56 Å². The number of pyridine rings is 1. The molecule has 1 aliphatic rings. The Kier molecular flexibility index (Phi) is 3.99. The van der Waals surface area contributed by atoms with E-state index in [1.165, 1.54) is 6.92 Å². The number of aromatic nitrogens is 1. The number of alkyl halides is 3. The van der Waals surface area contributed by atoms with E-state index >= 15 is 0 Å². The van der Waals surface area contributed by atoms with Gasteiger partial charge in [0.05, 0.1) is 17.4 Å². The minimum atomic E-state index is -4.70. The van der Waals surface area contributed by atoms with Gasteiger partial charge in [0.1, 0.15) is 0 Å². The predicted molar refractivity (Wildman–Crippen MR) is 68.4 cm³/mol. The fourth-order valence-electron chi connectivity index (χ4n) is 2.53. The van der Waals surface area contributed by atoms with Gasteiger partial charge < -0.3 is 15.0 Å². The third-order valence-electron chi connectivity index (χ3n) is 3.71. The highest BCUT2D eigenvalue weighted by Crippen LogP contribution is 2.38. The minimum Gasteiger partial charge on any atom is -0.481 e. The first kappa shape index (κ1) is 16.1. The number of aliphatic carboxylic acids is 1. The zero-order valence-corrected chi connectivity index (χ0v) is 11.5. The van der Waals surface area contributed by atoms with Crippen molar-refractivity contribution in [1.29, 1.82) is 0 Å². The van der Waals surface area contributed by atoms with Crippen molar-refractivity contribution >= 4 is 11.9 Å². The number of halogens is 3. The summed E-state index contributed by atoms with van der Waals surface area (Å²) in [5.41, 5.74) is -0.0744. The number of hydrogen-bond donors (Lipinski definition) is 2. The second-order valence-corrected chi connectivity index (χ2v) is 5.20. The van der Waals surface area contributed by atoms with Crippen LogP contribution >= 0.6 is 0 Å². The molecule has 1 aromatic rings. The average Bonchev–Trinajstić information content (AvgIpc) is 2.83. The van der Waals surface area contributed by atoms with Crippen LogP contribution in [-0.4, -0.2) is 46.1 Å². The molecule has 22 heavy (non-hydrogen) atoms. The molecule has 6 nitrogen and oxygen atoms in total. The maximum Gasteiger partial charge on any atom is 0.394 e.